The summed E-state index contributed by atoms with van der Waals surface area (Å²) in [6.07, 6.45) is 1.54. The molecule has 0 fully saturated rings. The van der Waals surface area contributed by atoms with Crippen molar-refractivity contribution < 1.29 is 14.6 Å². The summed E-state index contributed by atoms with van der Waals surface area (Å²) in [6.45, 7) is 8.04. The molecule has 0 saturated heterocycles. The average Bonchev–Trinajstić information content (AvgIpc) is 2.29. The predicted molar refractivity (Wildman–Crippen MR) is 72.9 cm³/mol. The fourth-order valence-corrected chi connectivity index (χ4v) is 2.05. The Morgan fingerprint density at radius 3 is 2.61 bits per heavy atom. The molecule has 0 aromatic heterocycles. The van der Waals surface area contributed by atoms with Gasteiger partial charge in [-0.25, -0.2) is 0 Å². The molecule has 0 spiro atoms. The fraction of sp³-hybridized carbons (Fsp3) is 0.923. The second-order valence-corrected chi connectivity index (χ2v) is 5.05. The van der Waals surface area contributed by atoms with Crippen molar-refractivity contribution in [3.05, 3.63) is 0 Å². The Hall–Kier alpha value is -0.650. The van der Waals surface area contributed by atoms with E-state index in [1.54, 1.807) is 14.0 Å². The molecular weight excluding hydrogens is 232 g/mol. The van der Waals surface area contributed by atoms with E-state index < -0.39 is 11.5 Å². The summed E-state index contributed by atoms with van der Waals surface area (Å²) in [6, 6.07) is 0.210. The Balaban J connectivity index is 4.32. The van der Waals surface area contributed by atoms with Gasteiger partial charge < -0.3 is 20.1 Å². The van der Waals surface area contributed by atoms with Crippen molar-refractivity contribution in [3.63, 3.8) is 0 Å². The minimum Gasteiger partial charge on any atom is -0.480 e. The number of aliphatic carboxylic acids is 1. The van der Waals surface area contributed by atoms with Crippen LogP contribution in [-0.4, -0.2) is 61.4 Å². The number of carbonyl (C=O) groups is 1. The number of hydrogen-bond acceptors (Lipinski definition) is 4. The number of carboxylic acids is 1. The van der Waals surface area contributed by atoms with Gasteiger partial charge in [0.15, 0.2) is 0 Å². The highest BCUT2D eigenvalue weighted by atomic mass is 16.5. The molecule has 0 aliphatic carbocycles. The molecule has 0 aromatic rings. The van der Waals surface area contributed by atoms with Crippen LogP contribution in [0.1, 0.15) is 33.6 Å². The van der Waals surface area contributed by atoms with Gasteiger partial charge in [-0.1, -0.05) is 6.92 Å². The van der Waals surface area contributed by atoms with Crippen LogP contribution in [0.5, 0.6) is 0 Å². The van der Waals surface area contributed by atoms with Crippen LogP contribution in [0, 0.1) is 0 Å². The second-order valence-electron chi connectivity index (χ2n) is 5.05. The molecule has 5 nitrogen and oxygen atoms in total. The third-order valence-electron chi connectivity index (χ3n) is 3.35. The molecule has 5 heteroatoms. The minimum absolute atomic E-state index is 0.210. The summed E-state index contributed by atoms with van der Waals surface area (Å²) in [5.74, 6) is -0.790. The lowest BCUT2D eigenvalue weighted by molar-refractivity contribution is -0.145. The highest BCUT2D eigenvalue weighted by molar-refractivity contribution is 5.78. The third-order valence-corrected chi connectivity index (χ3v) is 3.35. The highest BCUT2D eigenvalue weighted by Crippen LogP contribution is 2.16. The summed E-state index contributed by atoms with van der Waals surface area (Å²) < 4.78 is 5.02. The summed E-state index contributed by atoms with van der Waals surface area (Å²) in [5, 5.41) is 12.4. The maximum Gasteiger partial charge on any atom is 0.323 e. The Labute approximate surface area is 110 Å². The standard InChI is InChI=1S/C13H28N2O3/c1-6-14-13(3,12(16)17)10-11(2)15(4)8-7-9-18-5/h11,14H,6-10H2,1-5H3,(H,16,17). The van der Waals surface area contributed by atoms with Gasteiger partial charge in [-0.05, 0) is 40.3 Å². The van der Waals surface area contributed by atoms with Crippen LogP contribution in [0.4, 0.5) is 0 Å². The van der Waals surface area contributed by atoms with Crippen LogP contribution >= 0.6 is 0 Å². The molecule has 0 rings (SSSR count). The first-order valence-electron chi connectivity index (χ1n) is 6.55. The average molecular weight is 260 g/mol. The van der Waals surface area contributed by atoms with Crippen LogP contribution in [0.25, 0.3) is 0 Å². The molecule has 0 bridgehead atoms. The SMILES string of the molecule is CCNC(C)(CC(C)N(C)CCCOC)C(=O)O. The van der Waals surface area contributed by atoms with Crippen molar-refractivity contribution in [2.24, 2.45) is 0 Å². The van der Waals surface area contributed by atoms with Crippen LogP contribution < -0.4 is 5.32 Å². The van der Waals surface area contributed by atoms with E-state index in [9.17, 15) is 9.90 Å². The van der Waals surface area contributed by atoms with Crippen LogP contribution in [0.3, 0.4) is 0 Å². The molecule has 0 aliphatic heterocycles. The molecule has 0 saturated carbocycles. The molecule has 0 aromatic carbocycles. The van der Waals surface area contributed by atoms with E-state index >= 15 is 0 Å². The van der Waals surface area contributed by atoms with Crippen LogP contribution in [-0.2, 0) is 9.53 Å². The van der Waals surface area contributed by atoms with Crippen LogP contribution in [0.2, 0.25) is 0 Å². The van der Waals surface area contributed by atoms with Gasteiger partial charge in [0.25, 0.3) is 0 Å². The van der Waals surface area contributed by atoms with Gasteiger partial charge in [0.2, 0.25) is 0 Å². The van der Waals surface area contributed by atoms with Crippen molar-refractivity contribution in [3.8, 4) is 0 Å². The van der Waals surface area contributed by atoms with Crippen molar-refractivity contribution in [1.29, 1.82) is 0 Å². The van der Waals surface area contributed by atoms with Gasteiger partial charge in [0.1, 0.15) is 5.54 Å². The van der Waals surface area contributed by atoms with Gasteiger partial charge in [-0.3, -0.25) is 4.79 Å². The molecule has 2 unspecified atom stereocenters. The van der Waals surface area contributed by atoms with Gasteiger partial charge >= 0.3 is 5.97 Å². The first-order valence-corrected chi connectivity index (χ1v) is 6.55. The van der Waals surface area contributed by atoms with E-state index in [2.05, 4.69) is 17.1 Å². The lowest BCUT2D eigenvalue weighted by Gasteiger charge is -2.33. The topological polar surface area (TPSA) is 61.8 Å². The number of methoxy groups -OCH3 is 1. The van der Waals surface area contributed by atoms with E-state index in [0.29, 0.717) is 13.0 Å². The quantitative estimate of drug-likeness (QED) is 0.578. The number of nitrogens with one attached hydrogen (secondary N) is 1. The second kappa shape index (κ2) is 8.45. The summed E-state index contributed by atoms with van der Waals surface area (Å²) >= 11 is 0. The predicted octanol–water partition coefficient (Wildman–Crippen LogP) is 1.19. The zero-order chi connectivity index (χ0) is 14.2. The normalized spacial score (nSPS) is 16.6. The van der Waals surface area contributed by atoms with Gasteiger partial charge in [-0.15, -0.1) is 0 Å². The Morgan fingerprint density at radius 2 is 2.17 bits per heavy atom. The third kappa shape index (κ3) is 5.80. The zero-order valence-corrected chi connectivity index (χ0v) is 12.3. The zero-order valence-electron chi connectivity index (χ0n) is 12.3. The monoisotopic (exact) mass is 260 g/mol. The van der Waals surface area contributed by atoms with Crippen molar-refractivity contribution >= 4 is 5.97 Å². The summed E-state index contributed by atoms with van der Waals surface area (Å²) in [7, 11) is 3.71. The van der Waals surface area contributed by atoms with E-state index in [1.165, 1.54) is 0 Å². The molecule has 2 N–H and O–H groups in total. The molecule has 108 valence electrons. The number of ether oxygens (including phenoxy) is 1. The molecular formula is C13H28N2O3. The van der Waals surface area contributed by atoms with Gasteiger partial charge in [-0.2, -0.15) is 0 Å². The number of nitrogens with zero attached hydrogens (tertiary/aromatic N) is 1. The lowest BCUT2D eigenvalue weighted by atomic mass is 9.93. The van der Waals surface area contributed by atoms with Gasteiger partial charge in [0, 0.05) is 26.3 Å². The Morgan fingerprint density at radius 1 is 1.56 bits per heavy atom. The van der Waals surface area contributed by atoms with E-state index in [4.69, 9.17) is 4.74 Å². The number of likely N-dealkylation sites (N-methyl/N-ethyl adjacent to an activating group) is 1. The number of rotatable bonds is 10. The molecule has 0 heterocycles. The fourth-order valence-electron chi connectivity index (χ4n) is 2.05. The van der Waals surface area contributed by atoms with E-state index in [0.717, 1.165) is 19.6 Å². The highest BCUT2D eigenvalue weighted by Gasteiger charge is 2.34. The summed E-state index contributed by atoms with van der Waals surface area (Å²) in [5.41, 5.74) is -0.857. The van der Waals surface area contributed by atoms with Crippen molar-refractivity contribution in [2.75, 3.05) is 33.9 Å². The van der Waals surface area contributed by atoms with Crippen molar-refractivity contribution in [2.45, 2.75) is 45.2 Å². The molecule has 0 amide bonds. The maximum absolute atomic E-state index is 11.3. The first-order chi connectivity index (χ1) is 8.37. The summed E-state index contributed by atoms with van der Waals surface area (Å²) in [4.78, 5) is 13.5. The Kier molecular flexibility index (Phi) is 8.15. The lowest BCUT2D eigenvalue weighted by Crippen LogP contribution is -2.53. The molecule has 18 heavy (non-hydrogen) atoms. The Bertz CT molecular complexity index is 248. The smallest absolute Gasteiger partial charge is 0.323 e. The van der Waals surface area contributed by atoms with E-state index in [-0.39, 0.29) is 6.04 Å². The number of carboxylic acid groups (broad SMARTS) is 1. The maximum atomic E-state index is 11.3. The first kappa shape index (κ1) is 17.4. The van der Waals surface area contributed by atoms with Crippen LogP contribution in [0.15, 0.2) is 0 Å². The largest absolute Gasteiger partial charge is 0.480 e. The minimum atomic E-state index is -0.857. The molecule has 0 radical (unpaired) electrons. The van der Waals surface area contributed by atoms with Gasteiger partial charge in [0.05, 0.1) is 0 Å². The number of hydrogen-bond donors (Lipinski definition) is 2. The van der Waals surface area contributed by atoms with Crippen molar-refractivity contribution in [1.82, 2.24) is 10.2 Å². The molecule has 0 aliphatic rings. The molecule has 2 atom stereocenters. The van der Waals surface area contributed by atoms with E-state index in [1.807, 2.05) is 14.0 Å².